The molecule has 0 atom stereocenters. The number of hydrogen-bond acceptors (Lipinski definition) is 2. The van der Waals surface area contributed by atoms with E-state index in [4.69, 9.17) is 5.11 Å². The first kappa shape index (κ1) is 10.8. The molecule has 1 N–H and O–H groups in total. The molecule has 0 aromatic heterocycles. The van der Waals surface area contributed by atoms with E-state index in [2.05, 4.69) is 0 Å². The Kier molecular flexibility index (Phi) is 3.33. The molecule has 2 amide bonds. The molecule has 14 heavy (non-hydrogen) atoms. The lowest BCUT2D eigenvalue weighted by atomic mass is 10.5. The summed E-state index contributed by atoms with van der Waals surface area (Å²) in [4.78, 5) is 25.1. The summed E-state index contributed by atoms with van der Waals surface area (Å²) in [6.45, 7) is 2.00. The summed E-state index contributed by atoms with van der Waals surface area (Å²) in [5.41, 5.74) is 0. The van der Waals surface area contributed by atoms with Crippen LogP contribution in [0, 0.1) is 0 Å². The minimum atomic E-state index is -0.968. The largest absolute Gasteiger partial charge is 0.480 e. The van der Waals surface area contributed by atoms with Crippen LogP contribution in [0.5, 0.6) is 0 Å². The van der Waals surface area contributed by atoms with E-state index in [0.29, 0.717) is 12.6 Å². The molecule has 1 aliphatic rings. The first-order valence-corrected chi connectivity index (χ1v) is 4.79. The number of likely N-dealkylation sites (N-methyl/N-ethyl adjacent to an activating group) is 1. The van der Waals surface area contributed by atoms with E-state index in [0.717, 1.165) is 12.8 Å². The quantitative estimate of drug-likeness (QED) is 0.723. The van der Waals surface area contributed by atoms with Crippen LogP contribution in [0.25, 0.3) is 0 Å². The van der Waals surface area contributed by atoms with Gasteiger partial charge in [0.2, 0.25) is 0 Å². The topological polar surface area (TPSA) is 60.9 Å². The maximum absolute atomic E-state index is 11.7. The van der Waals surface area contributed by atoms with Gasteiger partial charge in [0.25, 0.3) is 0 Å². The second-order valence-electron chi connectivity index (χ2n) is 3.53. The van der Waals surface area contributed by atoms with Crippen LogP contribution in [0.15, 0.2) is 0 Å². The zero-order chi connectivity index (χ0) is 10.7. The van der Waals surface area contributed by atoms with E-state index in [1.807, 2.05) is 0 Å². The molecule has 1 rings (SSSR count). The third-order valence-corrected chi connectivity index (χ3v) is 2.37. The summed E-state index contributed by atoms with van der Waals surface area (Å²) in [6, 6.07) is 0.141. The summed E-state index contributed by atoms with van der Waals surface area (Å²) >= 11 is 0. The zero-order valence-electron chi connectivity index (χ0n) is 8.56. The fourth-order valence-electron chi connectivity index (χ4n) is 1.32. The predicted octanol–water partition coefficient (Wildman–Crippen LogP) is 0.607. The maximum Gasteiger partial charge on any atom is 0.323 e. The lowest BCUT2D eigenvalue weighted by Gasteiger charge is -2.25. The van der Waals surface area contributed by atoms with Gasteiger partial charge in [-0.25, -0.2) is 4.79 Å². The molecule has 0 spiro atoms. The van der Waals surface area contributed by atoms with Crippen LogP contribution >= 0.6 is 0 Å². The molecule has 5 heteroatoms. The van der Waals surface area contributed by atoms with Crippen molar-refractivity contribution in [1.29, 1.82) is 0 Å². The highest BCUT2D eigenvalue weighted by molar-refractivity contribution is 5.80. The van der Waals surface area contributed by atoms with E-state index in [1.54, 1.807) is 18.9 Å². The molecule has 80 valence electrons. The number of carboxylic acid groups (broad SMARTS) is 1. The molecule has 0 saturated heterocycles. The Morgan fingerprint density at radius 3 is 2.36 bits per heavy atom. The summed E-state index contributed by atoms with van der Waals surface area (Å²) < 4.78 is 0. The summed E-state index contributed by atoms with van der Waals surface area (Å²) in [5, 5.41) is 8.59. The van der Waals surface area contributed by atoms with Gasteiger partial charge in [-0.15, -0.1) is 0 Å². The van der Waals surface area contributed by atoms with Crippen LogP contribution in [-0.4, -0.2) is 53.1 Å². The number of urea groups is 1. The third-order valence-electron chi connectivity index (χ3n) is 2.37. The summed E-state index contributed by atoms with van der Waals surface area (Å²) in [6.07, 6.45) is 2.07. The van der Waals surface area contributed by atoms with Crippen molar-refractivity contribution < 1.29 is 14.7 Å². The molecule has 5 nitrogen and oxygen atoms in total. The molecule has 0 unspecified atom stereocenters. The Labute approximate surface area is 83.3 Å². The number of nitrogens with zero attached hydrogens (tertiary/aromatic N) is 2. The van der Waals surface area contributed by atoms with Crippen molar-refractivity contribution >= 4 is 12.0 Å². The molecule has 0 aromatic carbocycles. The monoisotopic (exact) mass is 200 g/mol. The Balaban J connectivity index is 2.49. The highest BCUT2D eigenvalue weighted by Crippen LogP contribution is 2.26. The number of aliphatic carboxylic acids is 1. The van der Waals surface area contributed by atoms with Crippen LogP contribution in [0.4, 0.5) is 4.79 Å². The average Bonchev–Trinajstić information content (AvgIpc) is 2.94. The number of carbonyl (C=O) groups is 2. The van der Waals surface area contributed by atoms with Crippen molar-refractivity contribution in [2.24, 2.45) is 0 Å². The molecule has 0 aliphatic heterocycles. The lowest BCUT2D eigenvalue weighted by Crippen LogP contribution is -2.44. The van der Waals surface area contributed by atoms with Gasteiger partial charge < -0.3 is 14.9 Å². The van der Waals surface area contributed by atoms with Crippen molar-refractivity contribution in [3.05, 3.63) is 0 Å². The highest BCUT2D eigenvalue weighted by Gasteiger charge is 2.32. The lowest BCUT2D eigenvalue weighted by molar-refractivity contribution is -0.137. The van der Waals surface area contributed by atoms with E-state index in [1.165, 1.54) is 4.90 Å². The van der Waals surface area contributed by atoms with Gasteiger partial charge in [-0.2, -0.15) is 0 Å². The van der Waals surface area contributed by atoms with Crippen LogP contribution in [0.3, 0.4) is 0 Å². The van der Waals surface area contributed by atoms with E-state index >= 15 is 0 Å². The molecule has 1 aliphatic carbocycles. The summed E-state index contributed by atoms with van der Waals surface area (Å²) in [5.74, 6) is -0.968. The van der Waals surface area contributed by atoms with Crippen LogP contribution < -0.4 is 0 Å². The fraction of sp³-hybridized carbons (Fsp3) is 0.778. The molecular formula is C9H16N2O3. The Bertz CT molecular complexity index is 238. The zero-order valence-corrected chi connectivity index (χ0v) is 8.56. The first-order chi connectivity index (χ1) is 6.56. The van der Waals surface area contributed by atoms with E-state index < -0.39 is 5.97 Å². The molecule has 1 saturated carbocycles. The SMILES string of the molecule is CCN(CC(=O)O)C(=O)N(C)C1CC1. The number of hydrogen-bond donors (Lipinski definition) is 1. The van der Waals surface area contributed by atoms with Crippen LogP contribution in [0.1, 0.15) is 19.8 Å². The molecular weight excluding hydrogens is 184 g/mol. The molecule has 0 bridgehead atoms. The Hall–Kier alpha value is -1.26. The predicted molar refractivity (Wildman–Crippen MR) is 51.1 cm³/mol. The number of carboxylic acids is 1. The van der Waals surface area contributed by atoms with Gasteiger partial charge in [-0.05, 0) is 19.8 Å². The average molecular weight is 200 g/mol. The van der Waals surface area contributed by atoms with Crippen molar-refractivity contribution in [2.45, 2.75) is 25.8 Å². The highest BCUT2D eigenvalue weighted by atomic mass is 16.4. The van der Waals surface area contributed by atoms with Crippen molar-refractivity contribution in [2.75, 3.05) is 20.1 Å². The Morgan fingerprint density at radius 2 is 2.00 bits per heavy atom. The van der Waals surface area contributed by atoms with Crippen LogP contribution in [-0.2, 0) is 4.79 Å². The van der Waals surface area contributed by atoms with Gasteiger partial charge in [0.1, 0.15) is 6.54 Å². The van der Waals surface area contributed by atoms with Gasteiger partial charge in [-0.3, -0.25) is 4.79 Å². The number of amides is 2. The summed E-state index contributed by atoms with van der Waals surface area (Å²) in [7, 11) is 1.73. The normalized spacial score (nSPS) is 15.0. The van der Waals surface area contributed by atoms with Gasteiger partial charge in [-0.1, -0.05) is 0 Å². The standard InChI is InChI=1S/C9H16N2O3/c1-3-11(6-8(12)13)9(14)10(2)7-4-5-7/h7H,3-6H2,1-2H3,(H,12,13). The Morgan fingerprint density at radius 1 is 1.43 bits per heavy atom. The molecule has 1 fully saturated rings. The van der Waals surface area contributed by atoms with Crippen LogP contribution in [0.2, 0.25) is 0 Å². The maximum atomic E-state index is 11.7. The van der Waals surface area contributed by atoms with E-state index in [9.17, 15) is 9.59 Å². The minimum absolute atomic E-state index is 0.183. The van der Waals surface area contributed by atoms with Gasteiger partial charge in [0.15, 0.2) is 0 Å². The van der Waals surface area contributed by atoms with Crippen molar-refractivity contribution in [3.63, 3.8) is 0 Å². The van der Waals surface area contributed by atoms with Gasteiger partial charge in [0.05, 0.1) is 0 Å². The van der Waals surface area contributed by atoms with Crippen molar-refractivity contribution in [3.8, 4) is 0 Å². The smallest absolute Gasteiger partial charge is 0.323 e. The van der Waals surface area contributed by atoms with Gasteiger partial charge in [0, 0.05) is 19.6 Å². The number of carbonyl (C=O) groups excluding carboxylic acids is 1. The minimum Gasteiger partial charge on any atom is -0.480 e. The number of rotatable bonds is 4. The molecule has 0 aromatic rings. The third kappa shape index (κ3) is 2.61. The molecule has 0 radical (unpaired) electrons. The first-order valence-electron chi connectivity index (χ1n) is 4.79. The van der Waals surface area contributed by atoms with E-state index in [-0.39, 0.29) is 12.6 Å². The fourth-order valence-corrected chi connectivity index (χ4v) is 1.32. The second kappa shape index (κ2) is 4.30. The second-order valence-corrected chi connectivity index (χ2v) is 3.53. The van der Waals surface area contributed by atoms with Gasteiger partial charge >= 0.3 is 12.0 Å². The molecule has 0 heterocycles. The van der Waals surface area contributed by atoms with Crippen molar-refractivity contribution in [1.82, 2.24) is 9.80 Å².